The van der Waals surface area contributed by atoms with Crippen LogP contribution in [0.2, 0.25) is 0 Å². The number of anilines is 3. The molecule has 2 aliphatic rings. The summed E-state index contributed by atoms with van der Waals surface area (Å²) in [5.41, 5.74) is -1.24. The van der Waals surface area contributed by atoms with Gasteiger partial charge in [0, 0.05) is 45.4 Å². The summed E-state index contributed by atoms with van der Waals surface area (Å²) < 4.78 is 71.0. The smallest absolute Gasteiger partial charge is 0.414 e. The van der Waals surface area contributed by atoms with Crippen LogP contribution < -0.4 is 25.4 Å². The van der Waals surface area contributed by atoms with Crippen molar-refractivity contribution in [2.75, 3.05) is 60.6 Å². The molecule has 0 aliphatic carbocycles. The van der Waals surface area contributed by atoms with Gasteiger partial charge in [0.05, 0.1) is 42.1 Å². The van der Waals surface area contributed by atoms with Crippen molar-refractivity contribution in [3.05, 3.63) is 87.7 Å². The van der Waals surface area contributed by atoms with Crippen LogP contribution in [0.15, 0.2) is 53.5 Å². The fourth-order valence-electron chi connectivity index (χ4n) is 5.83. The van der Waals surface area contributed by atoms with E-state index in [1.807, 2.05) is 0 Å². The third-order valence-electron chi connectivity index (χ3n) is 8.19. The lowest BCUT2D eigenvalue weighted by Crippen LogP contribution is -2.47. The van der Waals surface area contributed by atoms with Crippen molar-refractivity contribution in [1.82, 2.24) is 14.9 Å². The standard InChI is InChI=1S/C33H30F4N6O6/c1-3-48-32(46)23-17-43(28-6-4-19(34)12-24(28)35)30-22(29(23)45)14-26(37)31(39-30)41-10-8-40(9-11-41)27-7-5-20(13-25(27)36)42-16-21(49-33(42)47)15-38-18(2)44/h4-7,12-14,17,21H,3,8-11,15-16H2,1-2H3,(H,38,44)/t21-/m0/s1. The van der Waals surface area contributed by atoms with E-state index in [0.717, 1.165) is 29.0 Å². The first-order valence-corrected chi connectivity index (χ1v) is 15.4. The van der Waals surface area contributed by atoms with Crippen LogP contribution in [0.3, 0.4) is 0 Å². The molecule has 0 unspecified atom stereocenters. The van der Waals surface area contributed by atoms with Gasteiger partial charge in [-0.1, -0.05) is 0 Å². The minimum Gasteiger partial charge on any atom is -0.462 e. The van der Waals surface area contributed by atoms with Crippen LogP contribution in [-0.2, 0) is 14.3 Å². The van der Waals surface area contributed by atoms with Crippen LogP contribution in [0.4, 0.5) is 39.5 Å². The quantitative estimate of drug-likeness (QED) is 0.218. The molecule has 4 aromatic rings. The fourth-order valence-corrected chi connectivity index (χ4v) is 5.83. The number of nitrogens with zero attached hydrogens (tertiary/aromatic N) is 5. The van der Waals surface area contributed by atoms with Crippen molar-refractivity contribution in [2.45, 2.75) is 20.0 Å². The molecule has 6 rings (SSSR count). The van der Waals surface area contributed by atoms with Gasteiger partial charge < -0.3 is 24.6 Å². The Labute approximate surface area is 276 Å². The van der Waals surface area contributed by atoms with Crippen molar-refractivity contribution < 1.29 is 41.4 Å². The number of cyclic esters (lactones) is 1. The third kappa shape index (κ3) is 6.58. The minimum atomic E-state index is -1.01. The van der Waals surface area contributed by atoms with Crippen molar-refractivity contribution in [3.63, 3.8) is 0 Å². The lowest BCUT2D eigenvalue weighted by molar-refractivity contribution is -0.119. The predicted molar refractivity (Wildman–Crippen MR) is 170 cm³/mol. The number of aromatic nitrogens is 2. The van der Waals surface area contributed by atoms with E-state index in [-0.39, 0.29) is 85.7 Å². The number of carbonyl (C=O) groups excluding carboxylic acids is 3. The SMILES string of the molecule is CCOC(=O)c1cn(-c2ccc(F)cc2F)c2nc(N3CCN(c4ccc(N5C[C@H](CNC(C)=O)OC5=O)cc4F)CC3)c(F)cc2c1=O. The molecule has 256 valence electrons. The second-order valence-corrected chi connectivity index (χ2v) is 11.4. The number of piperazine rings is 1. The van der Waals surface area contributed by atoms with Gasteiger partial charge in [0.1, 0.15) is 29.1 Å². The van der Waals surface area contributed by atoms with E-state index in [9.17, 15) is 28.0 Å². The summed E-state index contributed by atoms with van der Waals surface area (Å²) in [4.78, 5) is 58.4. The summed E-state index contributed by atoms with van der Waals surface area (Å²) in [7, 11) is 0. The zero-order chi connectivity index (χ0) is 35.0. The van der Waals surface area contributed by atoms with E-state index in [0.29, 0.717) is 6.07 Å². The summed E-state index contributed by atoms with van der Waals surface area (Å²) in [6.45, 7) is 3.91. The van der Waals surface area contributed by atoms with Gasteiger partial charge in [-0.05, 0) is 43.3 Å². The predicted octanol–water partition coefficient (Wildman–Crippen LogP) is 3.91. The molecule has 2 aromatic heterocycles. The monoisotopic (exact) mass is 682 g/mol. The van der Waals surface area contributed by atoms with E-state index in [2.05, 4.69) is 10.3 Å². The maximum absolute atomic E-state index is 15.6. The normalized spacial score (nSPS) is 16.2. The first-order valence-electron chi connectivity index (χ1n) is 15.4. The van der Waals surface area contributed by atoms with E-state index >= 15 is 8.78 Å². The molecule has 1 N–H and O–H groups in total. The molecule has 0 saturated carbocycles. The number of pyridine rings is 2. The minimum absolute atomic E-state index is 0.0542. The van der Waals surface area contributed by atoms with Gasteiger partial charge in [-0.3, -0.25) is 19.1 Å². The highest BCUT2D eigenvalue weighted by molar-refractivity contribution is 5.94. The van der Waals surface area contributed by atoms with Crippen LogP contribution in [0.25, 0.3) is 16.7 Å². The Balaban J connectivity index is 1.25. The lowest BCUT2D eigenvalue weighted by Gasteiger charge is -2.37. The van der Waals surface area contributed by atoms with Gasteiger partial charge in [-0.25, -0.2) is 32.1 Å². The number of hydrogen-bond acceptors (Lipinski definition) is 9. The molecule has 1 atom stereocenters. The van der Waals surface area contributed by atoms with Gasteiger partial charge in [0.2, 0.25) is 11.3 Å². The average Bonchev–Trinajstić information content (AvgIpc) is 3.44. The number of nitrogens with one attached hydrogen (secondary N) is 1. The Morgan fingerprint density at radius 1 is 0.939 bits per heavy atom. The number of amides is 2. The molecule has 0 bridgehead atoms. The summed E-state index contributed by atoms with van der Waals surface area (Å²) in [5.74, 6) is -4.78. The van der Waals surface area contributed by atoms with E-state index in [1.165, 1.54) is 30.9 Å². The molecule has 2 amide bonds. The maximum Gasteiger partial charge on any atom is 0.414 e. The Morgan fingerprint density at radius 2 is 1.63 bits per heavy atom. The zero-order valence-electron chi connectivity index (χ0n) is 26.3. The van der Waals surface area contributed by atoms with Gasteiger partial charge in [0.25, 0.3) is 0 Å². The molecule has 0 radical (unpaired) electrons. The van der Waals surface area contributed by atoms with Gasteiger partial charge >= 0.3 is 12.1 Å². The van der Waals surface area contributed by atoms with Crippen molar-refractivity contribution in [3.8, 4) is 5.69 Å². The number of benzene rings is 2. The second-order valence-electron chi connectivity index (χ2n) is 11.4. The van der Waals surface area contributed by atoms with E-state index < -0.39 is 52.4 Å². The molecule has 0 spiro atoms. The van der Waals surface area contributed by atoms with Crippen LogP contribution in [0.1, 0.15) is 24.2 Å². The topological polar surface area (TPSA) is 126 Å². The number of ether oxygens (including phenoxy) is 2. The summed E-state index contributed by atoms with van der Waals surface area (Å²) >= 11 is 0. The Hall–Kier alpha value is -5.67. The molecule has 2 aromatic carbocycles. The fraction of sp³-hybridized carbons (Fsp3) is 0.303. The van der Waals surface area contributed by atoms with Gasteiger partial charge in [-0.15, -0.1) is 0 Å². The molecule has 2 fully saturated rings. The van der Waals surface area contributed by atoms with E-state index in [1.54, 1.807) is 15.9 Å². The summed E-state index contributed by atoms with van der Waals surface area (Å²) in [5, 5.41) is 2.26. The first-order chi connectivity index (χ1) is 23.4. The average molecular weight is 683 g/mol. The number of halogens is 4. The number of rotatable bonds is 8. The number of carbonyl (C=O) groups is 3. The molecular formula is C33H30F4N6O6. The number of fused-ring (bicyclic) bond motifs is 1. The maximum atomic E-state index is 15.6. The Kier molecular flexibility index (Phi) is 9.12. The van der Waals surface area contributed by atoms with Crippen molar-refractivity contribution in [1.29, 1.82) is 0 Å². The second kappa shape index (κ2) is 13.4. The molecular weight excluding hydrogens is 652 g/mol. The molecule has 2 saturated heterocycles. The summed E-state index contributed by atoms with van der Waals surface area (Å²) in [6, 6.07) is 7.95. The van der Waals surface area contributed by atoms with Gasteiger partial charge in [0.15, 0.2) is 17.3 Å². The number of hydrogen-bond donors (Lipinski definition) is 1. The molecule has 16 heteroatoms. The Morgan fingerprint density at radius 3 is 2.31 bits per heavy atom. The highest BCUT2D eigenvalue weighted by Gasteiger charge is 2.33. The highest BCUT2D eigenvalue weighted by atomic mass is 19.1. The Bertz CT molecular complexity index is 2030. The first kappa shape index (κ1) is 33.2. The molecule has 2 aliphatic heterocycles. The summed E-state index contributed by atoms with van der Waals surface area (Å²) in [6.07, 6.45) is -0.214. The number of esters is 1. The van der Waals surface area contributed by atoms with E-state index in [4.69, 9.17) is 9.47 Å². The molecule has 12 nitrogen and oxygen atoms in total. The van der Waals surface area contributed by atoms with Gasteiger partial charge in [-0.2, -0.15) is 0 Å². The molecule has 4 heterocycles. The van der Waals surface area contributed by atoms with Crippen LogP contribution >= 0.6 is 0 Å². The van der Waals surface area contributed by atoms with Crippen LogP contribution in [0.5, 0.6) is 0 Å². The third-order valence-corrected chi connectivity index (χ3v) is 8.19. The van der Waals surface area contributed by atoms with Crippen LogP contribution in [0, 0.1) is 23.3 Å². The van der Waals surface area contributed by atoms with Crippen molar-refractivity contribution >= 4 is 46.2 Å². The van der Waals surface area contributed by atoms with Crippen molar-refractivity contribution in [2.24, 2.45) is 0 Å². The largest absolute Gasteiger partial charge is 0.462 e. The molecule has 49 heavy (non-hydrogen) atoms. The highest BCUT2D eigenvalue weighted by Crippen LogP contribution is 2.30. The zero-order valence-corrected chi connectivity index (χ0v) is 26.3. The van der Waals surface area contributed by atoms with Crippen LogP contribution in [-0.4, -0.2) is 79.5 Å². The lowest BCUT2D eigenvalue weighted by atomic mass is 10.1.